The Labute approximate surface area is 134 Å². The summed E-state index contributed by atoms with van der Waals surface area (Å²) in [6.07, 6.45) is 18.3. The van der Waals surface area contributed by atoms with E-state index in [9.17, 15) is 14.9 Å². The van der Waals surface area contributed by atoms with Crippen molar-refractivity contribution in [3.63, 3.8) is 0 Å². The number of hydrogen-bond acceptors (Lipinski definition) is 3. The molecular formula is C18H31NO3. The molecule has 0 bridgehead atoms. The van der Waals surface area contributed by atoms with Crippen LogP contribution in [0.5, 0.6) is 0 Å². The van der Waals surface area contributed by atoms with Gasteiger partial charge >= 0.3 is 0 Å². The Morgan fingerprint density at radius 3 is 2.18 bits per heavy atom. The van der Waals surface area contributed by atoms with Crippen LogP contribution >= 0.6 is 0 Å². The second-order valence-electron chi connectivity index (χ2n) is 5.64. The van der Waals surface area contributed by atoms with Gasteiger partial charge in [0.2, 0.25) is 5.70 Å². The summed E-state index contributed by atoms with van der Waals surface area (Å²) in [5, 5.41) is 11.0. The molecule has 0 N–H and O–H groups in total. The number of aldehydes is 1. The summed E-state index contributed by atoms with van der Waals surface area (Å²) in [7, 11) is 0. The number of allylic oxidation sites excluding steroid dienone is 3. The molecule has 0 atom stereocenters. The Bertz CT molecular complexity index is 348. The van der Waals surface area contributed by atoms with Gasteiger partial charge < -0.3 is 4.79 Å². The summed E-state index contributed by atoms with van der Waals surface area (Å²) in [5.74, 6) is 0. The lowest BCUT2D eigenvalue weighted by Crippen LogP contribution is -1.97. The van der Waals surface area contributed by atoms with E-state index < -0.39 is 0 Å². The molecule has 0 saturated carbocycles. The first-order valence-electron chi connectivity index (χ1n) is 8.64. The van der Waals surface area contributed by atoms with Crippen molar-refractivity contribution >= 4 is 6.29 Å². The third kappa shape index (κ3) is 13.5. The number of rotatable bonds is 15. The highest BCUT2D eigenvalue weighted by atomic mass is 16.6. The summed E-state index contributed by atoms with van der Waals surface area (Å²) >= 11 is 0. The van der Waals surface area contributed by atoms with Gasteiger partial charge in [0, 0.05) is 6.42 Å². The van der Waals surface area contributed by atoms with E-state index in [2.05, 4.69) is 13.0 Å². The number of carbonyl (C=O) groups is 1. The quantitative estimate of drug-likeness (QED) is 0.130. The van der Waals surface area contributed by atoms with Gasteiger partial charge in [0.25, 0.3) is 0 Å². The topological polar surface area (TPSA) is 60.2 Å². The zero-order valence-electron chi connectivity index (χ0n) is 14.0. The van der Waals surface area contributed by atoms with Crippen molar-refractivity contribution in [3.05, 3.63) is 34.0 Å². The minimum Gasteiger partial charge on any atom is -0.303 e. The Morgan fingerprint density at radius 1 is 0.909 bits per heavy atom. The summed E-state index contributed by atoms with van der Waals surface area (Å²) in [5.41, 5.74) is 0.313. The number of nitrogens with zero attached hydrogens (tertiary/aromatic N) is 1. The standard InChI is InChI=1S/C18H31NO3/c1-2-3-4-5-9-12-15-18(19(21)22)16-13-10-7-6-8-11-14-17-20/h9,12,16-17H,2-8,10-11,13-15H2,1H3/b12-9-,18-16+. The minimum absolute atomic E-state index is 0.263. The SMILES string of the molecule is CCCCC/C=C\C/C(=C\CCCCCCCC=O)[N+](=O)[O-]. The fourth-order valence-corrected chi connectivity index (χ4v) is 2.24. The van der Waals surface area contributed by atoms with Crippen LogP contribution in [0, 0.1) is 10.1 Å². The largest absolute Gasteiger partial charge is 0.303 e. The van der Waals surface area contributed by atoms with Crippen LogP contribution in [0.2, 0.25) is 0 Å². The lowest BCUT2D eigenvalue weighted by Gasteiger charge is -1.98. The summed E-state index contributed by atoms with van der Waals surface area (Å²) in [4.78, 5) is 20.9. The van der Waals surface area contributed by atoms with Gasteiger partial charge in [-0.05, 0) is 38.2 Å². The maximum Gasteiger partial charge on any atom is 0.246 e. The van der Waals surface area contributed by atoms with Crippen LogP contribution < -0.4 is 0 Å². The highest BCUT2D eigenvalue weighted by molar-refractivity contribution is 5.48. The van der Waals surface area contributed by atoms with Crippen molar-refractivity contribution in [3.8, 4) is 0 Å². The van der Waals surface area contributed by atoms with Crippen LogP contribution in [0.1, 0.15) is 84.0 Å². The third-order valence-corrected chi connectivity index (χ3v) is 3.61. The first-order chi connectivity index (χ1) is 10.7. The summed E-state index contributed by atoms with van der Waals surface area (Å²) in [6.45, 7) is 2.17. The Balaban J connectivity index is 3.82. The van der Waals surface area contributed by atoms with Gasteiger partial charge in [-0.3, -0.25) is 10.1 Å². The molecule has 0 heterocycles. The van der Waals surface area contributed by atoms with Gasteiger partial charge in [-0.2, -0.15) is 0 Å². The molecule has 0 aliphatic heterocycles. The van der Waals surface area contributed by atoms with E-state index in [0.717, 1.165) is 57.7 Å². The Hall–Kier alpha value is -1.45. The van der Waals surface area contributed by atoms with Crippen molar-refractivity contribution in [2.75, 3.05) is 0 Å². The van der Waals surface area contributed by atoms with Gasteiger partial charge in [0.15, 0.2) is 0 Å². The molecule has 4 heteroatoms. The van der Waals surface area contributed by atoms with Crippen molar-refractivity contribution in [1.29, 1.82) is 0 Å². The first kappa shape index (κ1) is 20.6. The lowest BCUT2D eigenvalue weighted by molar-refractivity contribution is -0.427. The van der Waals surface area contributed by atoms with Gasteiger partial charge in [-0.15, -0.1) is 0 Å². The average molecular weight is 309 g/mol. The van der Waals surface area contributed by atoms with Crippen molar-refractivity contribution in [1.82, 2.24) is 0 Å². The highest BCUT2D eigenvalue weighted by Gasteiger charge is 2.06. The maximum absolute atomic E-state index is 11.0. The third-order valence-electron chi connectivity index (χ3n) is 3.61. The monoisotopic (exact) mass is 309 g/mol. The smallest absolute Gasteiger partial charge is 0.246 e. The molecule has 22 heavy (non-hydrogen) atoms. The van der Waals surface area contributed by atoms with Crippen molar-refractivity contribution < 1.29 is 9.72 Å². The van der Waals surface area contributed by atoms with Crippen LogP contribution in [0.4, 0.5) is 0 Å². The normalized spacial score (nSPS) is 12.0. The molecule has 0 spiro atoms. The average Bonchev–Trinajstić information content (AvgIpc) is 2.50. The van der Waals surface area contributed by atoms with Gasteiger partial charge in [0.05, 0.1) is 11.3 Å². The molecule has 0 aromatic carbocycles. The second kappa shape index (κ2) is 15.9. The molecule has 0 aromatic rings. The number of nitro groups is 1. The van der Waals surface area contributed by atoms with Crippen molar-refractivity contribution in [2.24, 2.45) is 0 Å². The summed E-state index contributed by atoms with van der Waals surface area (Å²) < 4.78 is 0. The van der Waals surface area contributed by atoms with E-state index in [4.69, 9.17) is 0 Å². The van der Waals surface area contributed by atoms with E-state index in [1.54, 1.807) is 6.08 Å². The molecule has 0 unspecified atom stereocenters. The van der Waals surface area contributed by atoms with E-state index >= 15 is 0 Å². The van der Waals surface area contributed by atoms with E-state index in [-0.39, 0.29) is 4.92 Å². The van der Waals surface area contributed by atoms with Crippen LogP contribution in [-0.4, -0.2) is 11.2 Å². The van der Waals surface area contributed by atoms with Gasteiger partial charge in [0.1, 0.15) is 6.29 Å². The zero-order chi connectivity index (χ0) is 16.5. The van der Waals surface area contributed by atoms with Crippen LogP contribution in [-0.2, 0) is 4.79 Å². The Kier molecular flexibility index (Phi) is 14.9. The van der Waals surface area contributed by atoms with Crippen LogP contribution in [0.25, 0.3) is 0 Å². The predicted octanol–water partition coefficient (Wildman–Crippen LogP) is 5.60. The molecule has 0 fully saturated rings. The molecule has 0 aliphatic rings. The molecule has 0 aromatic heterocycles. The zero-order valence-corrected chi connectivity index (χ0v) is 14.0. The predicted molar refractivity (Wildman–Crippen MR) is 91.4 cm³/mol. The number of unbranched alkanes of at least 4 members (excludes halogenated alkanes) is 9. The Morgan fingerprint density at radius 2 is 1.55 bits per heavy atom. The van der Waals surface area contributed by atoms with Crippen molar-refractivity contribution in [2.45, 2.75) is 84.0 Å². The van der Waals surface area contributed by atoms with Crippen LogP contribution in [0.3, 0.4) is 0 Å². The molecular weight excluding hydrogens is 278 g/mol. The fraction of sp³-hybridized carbons (Fsp3) is 0.722. The number of carbonyl (C=O) groups excluding carboxylic acids is 1. The molecule has 0 saturated heterocycles. The molecule has 0 amide bonds. The highest BCUT2D eigenvalue weighted by Crippen LogP contribution is 2.11. The molecule has 126 valence electrons. The first-order valence-corrected chi connectivity index (χ1v) is 8.64. The summed E-state index contributed by atoms with van der Waals surface area (Å²) in [6, 6.07) is 0. The van der Waals surface area contributed by atoms with E-state index in [0.29, 0.717) is 18.5 Å². The fourth-order valence-electron chi connectivity index (χ4n) is 2.24. The van der Waals surface area contributed by atoms with E-state index in [1.165, 1.54) is 12.8 Å². The molecule has 0 radical (unpaired) electrons. The maximum atomic E-state index is 11.0. The lowest BCUT2D eigenvalue weighted by atomic mass is 10.1. The number of hydrogen-bond donors (Lipinski definition) is 0. The minimum atomic E-state index is -0.263. The molecule has 0 aliphatic carbocycles. The van der Waals surface area contributed by atoms with Crippen LogP contribution in [0.15, 0.2) is 23.9 Å². The molecule has 4 nitrogen and oxygen atoms in total. The molecule has 0 rings (SSSR count). The van der Waals surface area contributed by atoms with E-state index in [1.807, 2.05) is 6.08 Å². The second-order valence-corrected chi connectivity index (χ2v) is 5.64. The van der Waals surface area contributed by atoms with Gasteiger partial charge in [-0.1, -0.05) is 51.2 Å². The van der Waals surface area contributed by atoms with Gasteiger partial charge in [-0.25, -0.2) is 0 Å².